The first-order valence-corrected chi connectivity index (χ1v) is 8.44. The molecule has 118 valence electrons. The van der Waals surface area contributed by atoms with Crippen LogP contribution in [0.4, 0.5) is 4.39 Å². The first-order chi connectivity index (χ1) is 10.1. The zero-order valence-corrected chi connectivity index (χ0v) is 14.1. The molecule has 3 nitrogen and oxygen atoms in total. The van der Waals surface area contributed by atoms with Crippen LogP contribution in [-0.2, 0) is 11.2 Å². The van der Waals surface area contributed by atoms with E-state index in [-0.39, 0.29) is 17.5 Å². The molecule has 0 aromatic heterocycles. The monoisotopic (exact) mass is 358 g/mol. The van der Waals surface area contributed by atoms with E-state index in [4.69, 9.17) is 10.6 Å². The molecule has 0 spiro atoms. The maximum Gasteiger partial charge on any atom is 0.137 e. The molecule has 0 amide bonds. The van der Waals surface area contributed by atoms with Crippen molar-refractivity contribution in [3.05, 3.63) is 34.1 Å². The number of halogens is 2. The first kappa shape index (κ1) is 16.9. The van der Waals surface area contributed by atoms with E-state index in [9.17, 15) is 4.39 Å². The number of hydrogen-bond acceptors (Lipinski definition) is 3. The van der Waals surface area contributed by atoms with Crippen molar-refractivity contribution >= 4 is 15.9 Å². The highest BCUT2D eigenvalue weighted by Gasteiger charge is 2.40. The predicted octanol–water partition coefficient (Wildman–Crippen LogP) is 3.70. The predicted molar refractivity (Wildman–Crippen MR) is 86.4 cm³/mol. The lowest BCUT2D eigenvalue weighted by Crippen LogP contribution is -2.57. The number of nitrogens with one attached hydrogen (secondary N) is 1. The summed E-state index contributed by atoms with van der Waals surface area (Å²) in [7, 11) is 0. The molecule has 0 aliphatic heterocycles. The van der Waals surface area contributed by atoms with Crippen molar-refractivity contribution in [2.75, 3.05) is 6.61 Å². The fraction of sp³-hybridized carbons (Fsp3) is 0.625. The van der Waals surface area contributed by atoms with Crippen LogP contribution in [0.15, 0.2) is 22.7 Å². The molecule has 3 N–H and O–H groups in total. The van der Waals surface area contributed by atoms with Crippen molar-refractivity contribution in [1.29, 1.82) is 0 Å². The van der Waals surface area contributed by atoms with Crippen LogP contribution >= 0.6 is 15.9 Å². The Hall–Kier alpha value is -0.490. The van der Waals surface area contributed by atoms with E-state index in [1.54, 1.807) is 0 Å². The molecular formula is C16H24BrFN2O. The van der Waals surface area contributed by atoms with E-state index in [2.05, 4.69) is 21.4 Å². The molecule has 1 saturated carbocycles. The van der Waals surface area contributed by atoms with Gasteiger partial charge in [-0.25, -0.2) is 4.39 Å². The van der Waals surface area contributed by atoms with Crippen LogP contribution in [0.2, 0.25) is 0 Å². The molecule has 21 heavy (non-hydrogen) atoms. The second-order valence-corrected chi connectivity index (χ2v) is 6.58. The van der Waals surface area contributed by atoms with E-state index < -0.39 is 0 Å². The Balaban J connectivity index is 2.17. The van der Waals surface area contributed by atoms with Gasteiger partial charge < -0.3 is 4.74 Å². The summed E-state index contributed by atoms with van der Waals surface area (Å²) in [6.45, 7) is 2.71. The Bertz CT molecular complexity index is 458. The van der Waals surface area contributed by atoms with Gasteiger partial charge in [-0.05, 0) is 59.8 Å². The topological polar surface area (TPSA) is 47.3 Å². The molecule has 0 bridgehead atoms. The van der Waals surface area contributed by atoms with Gasteiger partial charge in [-0.15, -0.1) is 0 Å². The summed E-state index contributed by atoms with van der Waals surface area (Å²) in [6, 6.07) is 5.16. The lowest BCUT2D eigenvalue weighted by atomic mass is 9.77. The minimum Gasteiger partial charge on any atom is -0.374 e. The van der Waals surface area contributed by atoms with Crippen LogP contribution in [0.1, 0.15) is 44.6 Å². The van der Waals surface area contributed by atoms with Gasteiger partial charge in [0, 0.05) is 6.61 Å². The third kappa shape index (κ3) is 4.03. The van der Waals surface area contributed by atoms with Crippen molar-refractivity contribution in [2.45, 2.75) is 57.1 Å². The minimum absolute atomic E-state index is 0.0371. The summed E-state index contributed by atoms with van der Waals surface area (Å²) < 4.78 is 20.0. The number of hydrogen-bond donors (Lipinski definition) is 2. The summed E-state index contributed by atoms with van der Waals surface area (Å²) in [5, 5.41) is 0. The Morgan fingerprint density at radius 1 is 1.38 bits per heavy atom. The van der Waals surface area contributed by atoms with Gasteiger partial charge in [0.05, 0.1) is 16.1 Å². The first-order valence-electron chi connectivity index (χ1n) is 7.65. The Morgan fingerprint density at radius 2 is 2.10 bits per heavy atom. The summed E-state index contributed by atoms with van der Waals surface area (Å²) >= 11 is 3.24. The molecule has 0 saturated heterocycles. The molecule has 1 aliphatic carbocycles. The fourth-order valence-electron chi connectivity index (χ4n) is 3.33. The zero-order chi connectivity index (χ0) is 15.3. The molecule has 1 fully saturated rings. The summed E-state index contributed by atoms with van der Waals surface area (Å²) in [6.07, 6.45) is 6.39. The second kappa shape index (κ2) is 7.68. The van der Waals surface area contributed by atoms with Crippen LogP contribution in [0.5, 0.6) is 0 Å². The third-order valence-electron chi connectivity index (χ3n) is 4.39. The zero-order valence-electron chi connectivity index (χ0n) is 12.5. The average Bonchev–Trinajstić information content (AvgIpc) is 2.49. The maximum absolute atomic E-state index is 13.4. The van der Waals surface area contributed by atoms with Crippen molar-refractivity contribution in [1.82, 2.24) is 5.43 Å². The van der Waals surface area contributed by atoms with Crippen LogP contribution in [0.3, 0.4) is 0 Å². The number of rotatable bonds is 6. The molecule has 1 unspecified atom stereocenters. The van der Waals surface area contributed by atoms with E-state index in [1.165, 1.54) is 25.3 Å². The maximum atomic E-state index is 13.4. The van der Waals surface area contributed by atoms with E-state index in [1.807, 2.05) is 19.1 Å². The highest BCUT2D eigenvalue weighted by atomic mass is 79.9. The number of benzene rings is 1. The van der Waals surface area contributed by atoms with Crippen LogP contribution in [-0.4, -0.2) is 18.2 Å². The molecule has 1 aromatic rings. The molecule has 2 rings (SSSR count). The Kier molecular flexibility index (Phi) is 6.17. The Labute approximate surface area is 134 Å². The van der Waals surface area contributed by atoms with E-state index in [0.29, 0.717) is 11.1 Å². The molecule has 5 heteroatoms. The van der Waals surface area contributed by atoms with Crippen molar-refractivity contribution < 1.29 is 9.13 Å². The molecule has 0 heterocycles. The number of hydrazine groups is 1. The molecule has 1 aromatic carbocycles. The van der Waals surface area contributed by atoms with Gasteiger partial charge in [0.1, 0.15) is 5.82 Å². The van der Waals surface area contributed by atoms with E-state index in [0.717, 1.165) is 24.8 Å². The standard InChI is InChI=1S/C16H24BrFN2O/c1-2-21-16(8-4-3-5-9-16)15(20-19)11-12-6-7-14(18)13(17)10-12/h6-7,10,15,20H,2-5,8-9,11,19H2,1H3. The molecule has 0 radical (unpaired) electrons. The summed E-state index contributed by atoms with van der Waals surface area (Å²) in [4.78, 5) is 0. The van der Waals surface area contributed by atoms with E-state index >= 15 is 0 Å². The van der Waals surface area contributed by atoms with Gasteiger partial charge in [0.2, 0.25) is 0 Å². The fourth-order valence-corrected chi connectivity index (χ4v) is 3.76. The normalized spacial score (nSPS) is 19.4. The van der Waals surface area contributed by atoms with Gasteiger partial charge in [0.25, 0.3) is 0 Å². The summed E-state index contributed by atoms with van der Waals surface area (Å²) in [5.74, 6) is 5.58. The van der Waals surface area contributed by atoms with Crippen molar-refractivity contribution in [2.24, 2.45) is 5.84 Å². The molecular weight excluding hydrogens is 335 g/mol. The average molecular weight is 359 g/mol. The number of nitrogens with two attached hydrogens (primary N) is 1. The third-order valence-corrected chi connectivity index (χ3v) is 5.00. The lowest BCUT2D eigenvalue weighted by Gasteiger charge is -2.43. The highest BCUT2D eigenvalue weighted by molar-refractivity contribution is 9.10. The Morgan fingerprint density at radius 3 is 2.67 bits per heavy atom. The highest BCUT2D eigenvalue weighted by Crippen LogP contribution is 2.36. The van der Waals surface area contributed by atoms with Crippen molar-refractivity contribution in [3.8, 4) is 0 Å². The van der Waals surface area contributed by atoms with Gasteiger partial charge in [-0.3, -0.25) is 11.3 Å². The quantitative estimate of drug-likeness (QED) is 0.601. The van der Waals surface area contributed by atoms with Gasteiger partial charge in [-0.1, -0.05) is 25.3 Å². The van der Waals surface area contributed by atoms with Crippen molar-refractivity contribution in [3.63, 3.8) is 0 Å². The lowest BCUT2D eigenvalue weighted by molar-refractivity contribution is -0.0898. The largest absolute Gasteiger partial charge is 0.374 e. The second-order valence-electron chi connectivity index (χ2n) is 5.73. The van der Waals surface area contributed by atoms with Gasteiger partial charge in [-0.2, -0.15) is 0 Å². The van der Waals surface area contributed by atoms with Crippen LogP contribution < -0.4 is 11.3 Å². The summed E-state index contributed by atoms with van der Waals surface area (Å²) in [5.41, 5.74) is 3.79. The molecule has 1 atom stereocenters. The SMILES string of the molecule is CCOC1(C(Cc2ccc(F)c(Br)c2)NN)CCCCC1. The van der Waals surface area contributed by atoms with Gasteiger partial charge in [0.15, 0.2) is 0 Å². The van der Waals surface area contributed by atoms with Gasteiger partial charge >= 0.3 is 0 Å². The minimum atomic E-state index is -0.242. The smallest absolute Gasteiger partial charge is 0.137 e. The number of ether oxygens (including phenoxy) is 1. The molecule has 1 aliphatic rings. The van der Waals surface area contributed by atoms with Crippen LogP contribution in [0, 0.1) is 5.82 Å². The van der Waals surface area contributed by atoms with Crippen LogP contribution in [0.25, 0.3) is 0 Å².